The highest BCUT2D eigenvalue weighted by atomic mass is 16.7. The zero-order valence-corrected chi connectivity index (χ0v) is 14.5. The van der Waals surface area contributed by atoms with E-state index in [1.165, 1.54) is 5.56 Å². The molecular formula is C22H21NO2. The predicted molar refractivity (Wildman–Crippen MR) is 99.9 cm³/mol. The summed E-state index contributed by atoms with van der Waals surface area (Å²) < 4.78 is 11.3. The lowest BCUT2D eigenvalue weighted by Crippen LogP contribution is -2.05. The molecule has 0 aliphatic rings. The van der Waals surface area contributed by atoms with Gasteiger partial charge in [0.1, 0.15) is 11.5 Å². The monoisotopic (exact) mass is 331 g/mol. The molecule has 3 nitrogen and oxygen atoms in total. The molecule has 0 heterocycles. The molecule has 0 spiro atoms. The van der Waals surface area contributed by atoms with Crippen molar-refractivity contribution >= 4 is 10.8 Å². The number of nitrogens with zero attached hydrogens (tertiary/aromatic N) is 1. The molecule has 0 bridgehead atoms. The fourth-order valence-corrected chi connectivity index (χ4v) is 2.68. The highest BCUT2D eigenvalue weighted by molar-refractivity contribution is 5.85. The Morgan fingerprint density at radius 2 is 1.52 bits per heavy atom. The summed E-state index contributed by atoms with van der Waals surface area (Å²) in [6.07, 6.45) is 1.13. The van der Waals surface area contributed by atoms with Crippen LogP contribution in [0.15, 0.2) is 60.7 Å². The van der Waals surface area contributed by atoms with Gasteiger partial charge in [-0.05, 0) is 65.1 Å². The molecule has 0 radical (unpaired) electrons. The zero-order valence-electron chi connectivity index (χ0n) is 14.5. The van der Waals surface area contributed by atoms with Crippen molar-refractivity contribution in [1.29, 1.82) is 5.26 Å². The molecule has 0 aromatic heterocycles. The van der Waals surface area contributed by atoms with Crippen molar-refractivity contribution in [3.63, 3.8) is 0 Å². The number of ether oxygens (including phenoxy) is 2. The average Bonchev–Trinajstić information content (AvgIpc) is 2.67. The summed E-state index contributed by atoms with van der Waals surface area (Å²) in [6.45, 7) is 4.57. The van der Waals surface area contributed by atoms with E-state index in [4.69, 9.17) is 14.7 Å². The molecule has 1 unspecified atom stereocenters. The van der Waals surface area contributed by atoms with Gasteiger partial charge in [-0.15, -0.1) is 0 Å². The second-order valence-electron chi connectivity index (χ2n) is 6.12. The van der Waals surface area contributed by atoms with Crippen molar-refractivity contribution in [3.05, 3.63) is 71.8 Å². The van der Waals surface area contributed by atoms with Crippen LogP contribution in [0, 0.1) is 11.3 Å². The lowest BCUT2D eigenvalue weighted by Gasteiger charge is -2.12. The molecule has 3 aromatic carbocycles. The van der Waals surface area contributed by atoms with Crippen LogP contribution in [0.3, 0.4) is 0 Å². The first kappa shape index (κ1) is 16.9. The van der Waals surface area contributed by atoms with E-state index < -0.39 is 0 Å². The maximum atomic E-state index is 8.95. The summed E-state index contributed by atoms with van der Waals surface area (Å²) in [5.74, 6) is 2.10. The molecule has 0 aliphatic heterocycles. The van der Waals surface area contributed by atoms with Crippen molar-refractivity contribution in [1.82, 2.24) is 0 Å². The number of benzene rings is 3. The third kappa shape index (κ3) is 4.10. The van der Waals surface area contributed by atoms with Crippen molar-refractivity contribution in [2.75, 3.05) is 6.79 Å². The van der Waals surface area contributed by atoms with Crippen molar-refractivity contribution in [2.24, 2.45) is 0 Å². The fraction of sp³-hybridized carbons (Fsp3) is 0.227. The van der Waals surface area contributed by atoms with Crippen LogP contribution in [0.5, 0.6) is 11.5 Å². The third-order valence-electron chi connectivity index (χ3n) is 4.45. The van der Waals surface area contributed by atoms with Crippen LogP contribution in [0.4, 0.5) is 0 Å². The Labute approximate surface area is 148 Å². The van der Waals surface area contributed by atoms with Gasteiger partial charge in [0.2, 0.25) is 6.79 Å². The van der Waals surface area contributed by atoms with E-state index >= 15 is 0 Å². The van der Waals surface area contributed by atoms with E-state index in [0.29, 0.717) is 11.5 Å². The fourth-order valence-electron chi connectivity index (χ4n) is 2.68. The molecule has 0 amide bonds. The summed E-state index contributed by atoms with van der Waals surface area (Å²) in [5, 5.41) is 11.0. The number of hydrogen-bond acceptors (Lipinski definition) is 3. The van der Waals surface area contributed by atoms with E-state index in [9.17, 15) is 0 Å². The Bertz CT molecular complexity index is 894. The molecule has 1 atom stereocenters. The Kier molecular flexibility index (Phi) is 5.20. The lowest BCUT2D eigenvalue weighted by molar-refractivity contribution is 0.120. The summed E-state index contributed by atoms with van der Waals surface area (Å²) in [4.78, 5) is 0. The van der Waals surface area contributed by atoms with Crippen molar-refractivity contribution in [3.8, 4) is 17.6 Å². The van der Waals surface area contributed by atoms with Gasteiger partial charge in [-0.2, -0.15) is 5.26 Å². The Hall–Kier alpha value is -2.99. The first-order valence-electron chi connectivity index (χ1n) is 8.49. The third-order valence-corrected chi connectivity index (χ3v) is 4.45. The van der Waals surface area contributed by atoms with E-state index in [2.05, 4.69) is 32.0 Å². The molecule has 0 fully saturated rings. The van der Waals surface area contributed by atoms with Gasteiger partial charge in [-0.25, -0.2) is 0 Å². The highest BCUT2D eigenvalue weighted by Crippen LogP contribution is 2.23. The topological polar surface area (TPSA) is 42.2 Å². The summed E-state index contributed by atoms with van der Waals surface area (Å²) in [6, 6.07) is 21.7. The van der Waals surface area contributed by atoms with Crippen LogP contribution in [0.2, 0.25) is 0 Å². The maximum absolute atomic E-state index is 8.95. The molecular weight excluding hydrogens is 310 g/mol. The predicted octanol–water partition coefficient (Wildman–Crippen LogP) is 5.64. The number of fused-ring (bicyclic) bond motifs is 1. The van der Waals surface area contributed by atoms with Crippen LogP contribution < -0.4 is 9.47 Å². The van der Waals surface area contributed by atoms with E-state index in [1.807, 2.05) is 48.5 Å². The van der Waals surface area contributed by atoms with Crippen LogP contribution in [0.1, 0.15) is 37.3 Å². The van der Waals surface area contributed by atoms with Crippen LogP contribution in [0.25, 0.3) is 10.8 Å². The maximum Gasteiger partial charge on any atom is 0.230 e. The molecule has 0 saturated carbocycles. The molecule has 3 rings (SSSR count). The van der Waals surface area contributed by atoms with E-state index in [0.717, 1.165) is 28.7 Å². The largest absolute Gasteiger partial charge is 0.458 e. The minimum absolute atomic E-state index is 0.157. The Balaban J connectivity index is 1.60. The smallest absolute Gasteiger partial charge is 0.230 e. The second-order valence-corrected chi connectivity index (χ2v) is 6.12. The van der Waals surface area contributed by atoms with Gasteiger partial charge in [0, 0.05) is 0 Å². The number of rotatable bonds is 6. The quantitative estimate of drug-likeness (QED) is 0.549. The van der Waals surface area contributed by atoms with Crippen LogP contribution in [-0.4, -0.2) is 6.79 Å². The first-order chi connectivity index (χ1) is 12.2. The summed E-state index contributed by atoms with van der Waals surface area (Å²) in [7, 11) is 0. The molecule has 126 valence electrons. The van der Waals surface area contributed by atoms with Crippen LogP contribution in [-0.2, 0) is 0 Å². The Morgan fingerprint density at radius 1 is 0.880 bits per heavy atom. The standard InChI is InChI=1S/C22H21NO2/c1-3-16(2)18-6-9-21(10-7-18)24-15-25-22-11-8-19-12-17(14-23)4-5-20(19)13-22/h4-13,16H,3,15H2,1-2H3. The first-order valence-corrected chi connectivity index (χ1v) is 8.49. The normalized spacial score (nSPS) is 11.7. The zero-order chi connectivity index (χ0) is 17.6. The van der Waals surface area contributed by atoms with Crippen molar-refractivity contribution < 1.29 is 9.47 Å². The van der Waals surface area contributed by atoms with Gasteiger partial charge in [0.25, 0.3) is 0 Å². The molecule has 3 aromatic rings. The second kappa shape index (κ2) is 7.72. The van der Waals surface area contributed by atoms with Gasteiger partial charge < -0.3 is 9.47 Å². The minimum atomic E-state index is 0.157. The SMILES string of the molecule is CCC(C)c1ccc(OCOc2ccc3cc(C#N)ccc3c2)cc1. The minimum Gasteiger partial charge on any atom is -0.458 e. The van der Waals surface area contributed by atoms with E-state index in [1.54, 1.807) is 0 Å². The van der Waals surface area contributed by atoms with Gasteiger partial charge in [-0.3, -0.25) is 0 Å². The molecule has 0 saturated heterocycles. The molecule has 3 heteroatoms. The van der Waals surface area contributed by atoms with Gasteiger partial charge >= 0.3 is 0 Å². The highest BCUT2D eigenvalue weighted by Gasteiger charge is 2.03. The van der Waals surface area contributed by atoms with Gasteiger partial charge in [0.05, 0.1) is 11.6 Å². The van der Waals surface area contributed by atoms with E-state index in [-0.39, 0.29) is 6.79 Å². The Morgan fingerprint density at radius 3 is 2.24 bits per heavy atom. The average molecular weight is 331 g/mol. The molecule has 0 aliphatic carbocycles. The van der Waals surface area contributed by atoms with Gasteiger partial charge in [0.15, 0.2) is 0 Å². The number of nitriles is 1. The summed E-state index contributed by atoms with van der Waals surface area (Å²) in [5.41, 5.74) is 1.98. The lowest BCUT2D eigenvalue weighted by atomic mass is 9.99. The summed E-state index contributed by atoms with van der Waals surface area (Å²) >= 11 is 0. The molecule has 0 N–H and O–H groups in total. The van der Waals surface area contributed by atoms with Gasteiger partial charge in [-0.1, -0.05) is 38.1 Å². The molecule has 25 heavy (non-hydrogen) atoms. The number of hydrogen-bond donors (Lipinski definition) is 0. The van der Waals surface area contributed by atoms with Crippen LogP contribution >= 0.6 is 0 Å². The van der Waals surface area contributed by atoms with Crippen molar-refractivity contribution in [2.45, 2.75) is 26.2 Å².